The van der Waals surface area contributed by atoms with E-state index in [9.17, 15) is 4.79 Å². The van der Waals surface area contributed by atoms with Crippen LogP contribution in [-0.2, 0) is 6.61 Å². The topological polar surface area (TPSA) is 61.5 Å². The molecule has 2 N–H and O–H groups in total. The number of primary amides is 1. The molecule has 0 aliphatic heterocycles. The molecule has 0 aromatic heterocycles. The van der Waals surface area contributed by atoms with Crippen LogP contribution in [0.3, 0.4) is 0 Å². The molecule has 4 nitrogen and oxygen atoms in total. The Hall–Kier alpha value is -3.01. The minimum Gasteiger partial charge on any atom is -0.493 e. The Kier molecular flexibility index (Phi) is 4.15. The van der Waals surface area contributed by atoms with Gasteiger partial charge in [0.05, 0.1) is 7.11 Å². The third kappa shape index (κ3) is 3.11. The second-order valence-corrected chi connectivity index (χ2v) is 5.16. The number of hydrogen-bond donors (Lipinski definition) is 1. The van der Waals surface area contributed by atoms with E-state index in [1.54, 1.807) is 25.3 Å². The van der Waals surface area contributed by atoms with Crippen LogP contribution in [0, 0.1) is 0 Å². The number of benzene rings is 3. The van der Waals surface area contributed by atoms with Crippen molar-refractivity contribution in [3.05, 3.63) is 71.8 Å². The van der Waals surface area contributed by atoms with E-state index < -0.39 is 5.91 Å². The first kappa shape index (κ1) is 14.9. The third-order valence-corrected chi connectivity index (χ3v) is 3.71. The van der Waals surface area contributed by atoms with Gasteiger partial charge in [-0.3, -0.25) is 4.79 Å². The molecule has 0 fully saturated rings. The molecule has 4 heteroatoms. The van der Waals surface area contributed by atoms with E-state index in [-0.39, 0.29) is 0 Å². The van der Waals surface area contributed by atoms with Gasteiger partial charge in [-0.15, -0.1) is 0 Å². The highest BCUT2D eigenvalue weighted by Gasteiger charge is 2.10. The van der Waals surface area contributed by atoms with Gasteiger partial charge in [-0.05, 0) is 34.5 Å². The van der Waals surface area contributed by atoms with E-state index in [4.69, 9.17) is 15.2 Å². The van der Waals surface area contributed by atoms with Crippen LogP contribution in [-0.4, -0.2) is 13.0 Å². The molecule has 0 spiro atoms. The van der Waals surface area contributed by atoms with Crippen LogP contribution in [0.2, 0.25) is 0 Å². The summed E-state index contributed by atoms with van der Waals surface area (Å²) in [7, 11) is 1.56. The van der Waals surface area contributed by atoms with Crippen LogP contribution in [0.25, 0.3) is 10.8 Å². The molecule has 0 unspecified atom stereocenters. The minimum atomic E-state index is -0.498. The Balaban J connectivity index is 1.90. The maximum atomic E-state index is 11.3. The molecule has 0 aliphatic carbocycles. The number of methoxy groups -OCH3 is 1. The van der Waals surface area contributed by atoms with E-state index in [0.717, 1.165) is 16.3 Å². The van der Waals surface area contributed by atoms with Crippen LogP contribution in [0.1, 0.15) is 15.9 Å². The zero-order valence-electron chi connectivity index (χ0n) is 12.8. The quantitative estimate of drug-likeness (QED) is 0.784. The molecule has 23 heavy (non-hydrogen) atoms. The summed E-state index contributed by atoms with van der Waals surface area (Å²) in [5.41, 5.74) is 6.77. The van der Waals surface area contributed by atoms with E-state index in [2.05, 4.69) is 18.2 Å². The van der Waals surface area contributed by atoms with Gasteiger partial charge >= 0.3 is 0 Å². The number of ether oxygens (including phenoxy) is 2. The fourth-order valence-corrected chi connectivity index (χ4v) is 2.52. The highest BCUT2D eigenvalue weighted by Crippen LogP contribution is 2.29. The molecule has 1 amide bonds. The van der Waals surface area contributed by atoms with Gasteiger partial charge in [-0.25, -0.2) is 0 Å². The molecule has 0 heterocycles. The average molecular weight is 307 g/mol. The van der Waals surface area contributed by atoms with Gasteiger partial charge in [-0.2, -0.15) is 0 Å². The van der Waals surface area contributed by atoms with Gasteiger partial charge in [0, 0.05) is 5.56 Å². The largest absolute Gasteiger partial charge is 0.493 e. The number of nitrogens with two attached hydrogens (primary N) is 1. The smallest absolute Gasteiger partial charge is 0.248 e. The highest BCUT2D eigenvalue weighted by atomic mass is 16.5. The van der Waals surface area contributed by atoms with Crippen molar-refractivity contribution in [3.63, 3.8) is 0 Å². The van der Waals surface area contributed by atoms with Crippen molar-refractivity contribution in [2.75, 3.05) is 7.11 Å². The van der Waals surface area contributed by atoms with Crippen molar-refractivity contribution >= 4 is 16.7 Å². The Morgan fingerprint density at radius 1 is 1.00 bits per heavy atom. The molecule has 0 bridgehead atoms. The summed E-state index contributed by atoms with van der Waals surface area (Å²) < 4.78 is 11.2. The van der Waals surface area contributed by atoms with Gasteiger partial charge in [0.2, 0.25) is 5.91 Å². The maximum absolute atomic E-state index is 11.3. The van der Waals surface area contributed by atoms with E-state index in [0.29, 0.717) is 23.7 Å². The first-order chi connectivity index (χ1) is 11.2. The SMILES string of the molecule is COc1ccc(C(N)=O)cc1OCc1cccc2ccccc12. The lowest BCUT2D eigenvalue weighted by molar-refractivity contribution is 0.0999. The van der Waals surface area contributed by atoms with Crippen LogP contribution < -0.4 is 15.2 Å². The molecule has 0 saturated heterocycles. The van der Waals surface area contributed by atoms with Gasteiger partial charge in [0.1, 0.15) is 6.61 Å². The van der Waals surface area contributed by atoms with Crippen molar-refractivity contribution in [3.8, 4) is 11.5 Å². The second-order valence-electron chi connectivity index (χ2n) is 5.16. The summed E-state index contributed by atoms with van der Waals surface area (Å²) in [5, 5.41) is 2.30. The number of fused-ring (bicyclic) bond motifs is 1. The summed E-state index contributed by atoms with van der Waals surface area (Å²) in [6, 6.07) is 19.1. The molecular weight excluding hydrogens is 290 g/mol. The number of amides is 1. The van der Waals surface area contributed by atoms with E-state index in [1.807, 2.05) is 24.3 Å². The van der Waals surface area contributed by atoms with Crippen molar-refractivity contribution < 1.29 is 14.3 Å². The molecule has 0 radical (unpaired) electrons. The van der Waals surface area contributed by atoms with Crippen LogP contribution >= 0.6 is 0 Å². The third-order valence-electron chi connectivity index (χ3n) is 3.71. The van der Waals surface area contributed by atoms with Gasteiger partial charge in [0.15, 0.2) is 11.5 Å². The fourth-order valence-electron chi connectivity index (χ4n) is 2.52. The van der Waals surface area contributed by atoms with Crippen LogP contribution in [0.15, 0.2) is 60.7 Å². The molecule has 3 rings (SSSR count). The Labute approximate surface area is 134 Å². The lowest BCUT2D eigenvalue weighted by Crippen LogP contribution is -2.11. The number of hydrogen-bond acceptors (Lipinski definition) is 3. The second kappa shape index (κ2) is 6.40. The molecule has 3 aromatic rings. The van der Waals surface area contributed by atoms with Crippen molar-refractivity contribution in [2.45, 2.75) is 6.61 Å². The fraction of sp³-hybridized carbons (Fsp3) is 0.105. The number of rotatable bonds is 5. The summed E-state index contributed by atoms with van der Waals surface area (Å²) in [4.78, 5) is 11.3. The monoisotopic (exact) mass is 307 g/mol. The summed E-state index contributed by atoms with van der Waals surface area (Å²) >= 11 is 0. The average Bonchev–Trinajstić information content (AvgIpc) is 2.59. The molecular formula is C19H17NO3. The Morgan fingerprint density at radius 2 is 1.78 bits per heavy atom. The molecule has 0 saturated carbocycles. The summed E-state index contributed by atoms with van der Waals surface area (Å²) in [6.07, 6.45) is 0. The standard InChI is InChI=1S/C19H17NO3/c1-22-17-10-9-14(19(20)21)11-18(17)23-12-15-7-4-6-13-5-2-3-8-16(13)15/h2-11H,12H2,1H3,(H2,20,21). The van der Waals surface area contributed by atoms with E-state index >= 15 is 0 Å². The molecule has 0 aliphatic rings. The Morgan fingerprint density at radius 3 is 2.57 bits per heavy atom. The first-order valence-electron chi connectivity index (χ1n) is 7.26. The normalized spacial score (nSPS) is 10.5. The van der Waals surface area contributed by atoms with Crippen molar-refractivity contribution in [1.82, 2.24) is 0 Å². The predicted octanol–water partition coefficient (Wildman–Crippen LogP) is 3.53. The van der Waals surface area contributed by atoms with Crippen LogP contribution in [0.4, 0.5) is 0 Å². The summed E-state index contributed by atoms with van der Waals surface area (Å²) in [5.74, 6) is 0.564. The highest BCUT2D eigenvalue weighted by molar-refractivity contribution is 5.93. The van der Waals surface area contributed by atoms with Gasteiger partial charge < -0.3 is 15.2 Å². The number of carbonyl (C=O) groups excluding carboxylic acids is 1. The van der Waals surface area contributed by atoms with Gasteiger partial charge in [-0.1, -0.05) is 42.5 Å². The van der Waals surface area contributed by atoms with Crippen molar-refractivity contribution in [1.29, 1.82) is 0 Å². The maximum Gasteiger partial charge on any atom is 0.248 e. The van der Waals surface area contributed by atoms with Crippen LogP contribution in [0.5, 0.6) is 11.5 Å². The van der Waals surface area contributed by atoms with Crippen molar-refractivity contribution in [2.24, 2.45) is 5.73 Å². The summed E-state index contributed by atoms with van der Waals surface area (Å²) in [6.45, 7) is 0.375. The zero-order chi connectivity index (χ0) is 16.2. The number of carbonyl (C=O) groups is 1. The first-order valence-corrected chi connectivity index (χ1v) is 7.26. The zero-order valence-corrected chi connectivity index (χ0v) is 12.8. The lowest BCUT2D eigenvalue weighted by atomic mass is 10.1. The van der Waals surface area contributed by atoms with Gasteiger partial charge in [0.25, 0.3) is 0 Å². The molecule has 116 valence electrons. The predicted molar refractivity (Wildman–Crippen MR) is 89.8 cm³/mol. The minimum absolute atomic E-state index is 0.375. The molecule has 3 aromatic carbocycles. The lowest BCUT2D eigenvalue weighted by Gasteiger charge is -2.13. The molecule has 0 atom stereocenters. The van der Waals surface area contributed by atoms with E-state index in [1.165, 1.54) is 0 Å². The Bertz CT molecular complexity index is 853.